The van der Waals surface area contributed by atoms with Gasteiger partial charge in [-0.25, -0.2) is 14.6 Å². The average Bonchev–Trinajstić information content (AvgIpc) is 3.82. The van der Waals surface area contributed by atoms with Gasteiger partial charge in [0.15, 0.2) is 11.5 Å². The Kier molecular flexibility index (Phi) is 9.24. The summed E-state index contributed by atoms with van der Waals surface area (Å²) in [6, 6.07) is 22.5. The largest absolute Gasteiger partial charge is 0.417 e. The predicted octanol–water partition coefficient (Wildman–Crippen LogP) is 6.08. The van der Waals surface area contributed by atoms with Crippen molar-refractivity contribution in [1.29, 1.82) is 0 Å². The second-order valence-electron chi connectivity index (χ2n) is 11.7. The average molecular weight is 646 g/mol. The number of aromatic nitrogens is 6. The molecule has 1 atom stereocenters. The number of rotatable bonds is 11. The predicted molar refractivity (Wildman–Crippen MR) is 178 cm³/mol. The molecule has 2 aromatic heterocycles. The first-order valence-corrected chi connectivity index (χ1v) is 15.7. The summed E-state index contributed by atoms with van der Waals surface area (Å²) in [4.78, 5) is 46.0. The number of allylic oxidation sites excluding steroid dienone is 1. The lowest BCUT2D eigenvalue weighted by molar-refractivity contribution is -0.114. The van der Waals surface area contributed by atoms with E-state index in [0.29, 0.717) is 29.2 Å². The van der Waals surface area contributed by atoms with Crippen molar-refractivity contribution >= 4 is 23.7 Å². The number of hydrogen-bond donors (Lipinski definition) is 1. The molecule has 0 saturated carbocycles. The summed E-state index contributed by atoms with van der Waals surface area (Å²) in [6.45, 7) is 5.99. The highest BCUT2D eigenvalue weighted by Crippen LogP contribution is 2.34. The minimum atomic E-state index is -1.23. The number of carbonyl (C=O) groups is 3. The third-order valence-electron chi connectivity index (χ3n) is 8.02. The number of fused-ring (bicyclic) bond motifs is 1. The second kappa shape index (κ2) is 13.8. The van der Waals surface area contributed by atoms with E-state index in [9.17, 15) is 14.4 Å². The third-order valence-corrected chi connectivity index (χ3v) is 8.02. The van der Waals surface area contributed by atoms with Crippen molar-refractivity contribution in [3.05, 3.63) is 113 Å². The van der Waals surface area contributed by atoms with Crippen LogP contribution in [-0.2, 0) is 27.2 Å². The highest BCUT2D eigenvalue weighted by atomic mass is 16.7. The molecule has 3 heterocycles. The molecule has 0 spiro atoms. The summed E-state index contributed by atoms with van der Waals surface area (Å²) in [5, 5.41) is 14.5. The summed E-state index contributed by atoms with van der Waals surface area (Å²) in [5.41, 5.74) is 5.30. The Bertz CT molecular complexity index is 1990. The van der Waals surface area contributed by atoms with Crippen molar-refractivity contribution < 1.29 is 23.9 Å². The molecule has 1 unspecified atom stereocenters. The molecule has 5 aromatic rings. The number of likely N-dealkylation sites (N-methyl/N-ethyl adjacent to an activating group) is 1. The molecule has 1 amide bonds. The normalized spacial score (nSPS) is 13.5. The van der Waals surface area contributed by atoms with Crippen LogP contribution in [-0.4, -0.2) is 55.1 Å². The maximum Gasteiger partial charge on any atom is 0.362 e. The molecule has 1 N–H and O–H groups in total. The number of unbranched alkanes of at least 4 members (excludes halogenated alkanes) is 1. The van der Waals surface area contributed by atoms with Crippen LogP contribution in [0.1, 0.15) is 77.7 Å². The molecule has 244 valence electrons. The number of tetrazole rings is 1. The van der Waals surface area contributed by atoms with Crippen molar-refractivity contribution in [2.24, 2.45) is 0 Å². The van der Waals surface area contributed by atoms with Crippen molar-refractivity contribution in [2.75, 3.05) is 11.9 Å². The van der Waals surface area contributed by atoms with Gasteiger partial charge in [0.05, 0.1) is 5.56 Å². The summed E-state index contributed by atoms with van der Waals surface area (Å²) in [7, 11) is 1.58. The van der Waals surface area contributed by atoms with Gasteiger partial charge in [-0.3, -0.25) is 9.69 Å². The first-order chi connectivity index (χ1) is 23.2. The van der Waals surface area contributed by atoms with E-state index in [-0.39, 0.29) is 24.0 Å². The fourth-order valence-corrected chi connectivity index (χ4v) is 5.60. The van der Waals surface area contributed by atoms with Crippen LogP contribution in [0.25, 0.3) is 22.5 Å². The van der Waals surface area contributed by atoms with E-state index >= 15 is 0 Å². The zero-order valence-electron chi connectivity index (χ0n) is 27.1. The summed E-state index contributed by atoms with van der Waals surface area (Å²) in [5.74, 6) is -0.387. The van der Waals surface area contributed by atoms with Gasteiger partial charge >= 0.3 is 11.9 Å². The smallest absolute Gasteiger partial charge is 0.362 e. The number of cyclic esters (lactones) is 1. The quantitative estimate of drug-likeness (QED) is 0.133. The van der Waals surface area contributed by atoms with Crippen LogP contribution in [0.4, 0.5) is 5.82 Å². The number of esters is 2. The van der Waals surface area contributed by atoms with Gasteiger partial charge in [0.1, 0.15) is 5.82 Å². The molecule has 0 aliphatic carbocycles. The second-order valence-corrected chi connectivity index (χ2v) is 11.7. The molecule has 0 fully saturated rings. The zero-order chi connectivity index (χ0) is 33.8. The van der Waals surface area contributed by atoms with Gasteiger partial charge in [-0.1, -0.05) is 85.6 Å². The van der Waals surface area contributed by atoms with Gasteiger partial charge in [0.2, 0.25) is 5.82 Å². The highest BCUT2D eigenvalue weighted by Gasteiger charge is 2.36. The highest BCUT2D eigenvalue weighted by molar-refractivity contribution is 6.05. The number of hydrogen-bond acceptors (Lipinski definition) is 9. The van der Waals surface area contributed by atoms with Crippen LogP contribution in [0, 0.1) is 0 Å². The maximum atomic E-state index is 14.1. The molecule has 6 rings (SSSR count). The molecule has 0 radical (unpaired) electrons. The van der Waals surface area contributed by atoms with E-state index in [4.69, 9.17) is 14.5 Å². The summed E-state index contributed by atoms with van der Waals surface area (Å²) >= 11 is 0. The van der Waals surface area contributed by atoms with Crippen molar-refractivity contribution in [3.63, 3.8) is 0 Å². The number of benzene rings is 3. The summed E-state index contributed by atoms with van der Waals surface area (Å²) < 4.78 is 13.1. The molecule has 48 heavy (non-hydrogen) atoms. The van der Waals surface area contributed by atoms with Gasteiger partial charge in [-0.2, -0.15) is 5.21 Å². The molecular weight excluding hydrogens is 610 g/mol. The number of anilines is 1. The lowest BCUT2D eigenvalue weighted by atomic mass is 9.98. The minimum Gasteiger partial charge on any atom is -0.417 e. The lowest BCUT2D eigenvalue weighted by Gasteiger charge is -2.18. The Morgan fingerprint density at radius 1 is 1.00 bits per heavy atom. The van der Waals surface area contributed by atoms with E-state index in [1.807, 2.05) is 62.4 Å². The van der Waals surface area contributed by atoms with Crippen LogP contribution < -0.4 is 4.90 Å². The summed E-state index contributed by atoms with van der Waals surface area (Å²) in [6.07, 6.45) is 2.54. The molecular formula is C36H35N7O5. The number of nitrogens with zero attached hydrogens (tertiary/aromatic N) is 6. The number of H-pyrrole nitrogens is 1. The monoisotopic (exact) mass is 645 g/mol. The molecule has 0 saturated heterocycles. The van der Waals surface area contributed by atoms with E-state index in [2.05, 4.69) is 27.5 Å². The first-order valence-electron chi connectivity index (χ1n) is 15.7. The molecule has 0 bridgehead atoms. The number of aromatic amines is 1. The Balaban J connectivity index is 1.39. The Morgan fingerprint density at radius 3 is 2.40 bits per heavy atom. The number of aryl methyl sites for hydroxylation is 1. The minimum absolute atomic E-state index is 0.0890. The molecule has 3 aromatic carbocycles. The van der Waals surface area contributed by atoms with Gasteiger partial charge in [0, 0.05) is 37.2 Å². The number of imidazole rings is 1. The van der Waals surface area contributed by atoms with E-state index in [0.717, 1.165) is 40.7 Å². The Morgan fingerprint density at radius 2 is 1.71 bits per heavy atom. The lowest BCUT2D eigenvalue weighted by Crippen LogP contribution is -2.28. The number of amides is 1. The fourth-order valence-electron chi connectivity index (χ4n) is 5.60. The Hall–Kier alpha value is -5.91. The maximum absolute atomic E-state index is 14.1. The standard InChI is InChI=1S/C36H35N7O5/c1-5-6-15-29-37-33(42(4)30(44)20-22(2)3)31(35(46)48-36-28-14-10-9-13-27(28)34(45)47-36)43(29)21-23-16-18-24(19-17-23)25-11-7-8-12-26(25)32-38-40-41-39-32/h7-14,16-20,36H,5-6,15,21H2,1-4H3,(H,38,39,40,41). The van der Waals surface area contributed by atoms with Crippen LogP contribution in [0.3, 0.4) is 0 Å². The Labute approximate surface area is 277 Å². The molecule has 1 aliphatic heterocycles. The van der Waals surface area contributed by atoms with Gasteiger partial charge in [-0.05, 0) is 48.2 Å². The van der Waals surface area contributed by atoms with Crippen molar-refractivity contribution in [2.45, 2.75) is 52.9 Å². The topological polar surface area (TPSA) is 145 Å². The molecule has 1 aliphatic rings. The third kappa shape index (κ3) is 6.50. The van der Waals surface area contributed by atoms with Crippen LogP contribution in [0.15, 0.2) is 84.4 Å². The van der Waals surface area contributed by atoms with Crippen LogP contribution in [0.2, 0.25) is 0 Å². The van der Waals surface area contributed by atoms with Crippen LogP contribution >= 0.6 is 0 Å². The van der Waals surface area contributed by atoms with Gasteiger partial charge in [-0.15, -0.1) is 10.2 Å². The fraction of sp³-hybridized carbons (Fsp3) is 0.250. The number of ether oxygens (including phenoxy) is 2. The van der Waals surface area contributed by atoms with E-state index < -0.39 is 18.2 Å². The number of carbonyl (C=O) groups excluding carboxylic acids is 3. The van der Waals surface area contributed by atoms with Crippen LogP contribution in [0.5, 0.6) is 0 Å². The first kappa shape index (κ1) is 32.0. The van der Waals surface area contributed by atoms with E-state index in [1.54, 1.807) is 35.9 Å². The number of nitrogens with one attached hydrogen (secondary N) is 1. The van der Waals surface area contributed by atoms with Gasteiger partial charge < -0.3 is 14.0 Å². The van der Waals surface area contributed by atoms with E-state index in [1.165, 1.54) is 11.0 Å². The molecule has 12 nitrogen and oxygen atoms in total. The van der Waals surface area contributed by atoms with Crippen molar-refractivity contribution in [3.8, 4) is 22.5 Å². The van der Waals surface area contributed by atoms with Crippen molar-refractivity contribution in [1.82, 2.24) is 30.2 Å². The van der Waals surface area contributed by atoms with Gasteiger partial charge in [0.25, 0.3) is 12.2 Å². The zero-order valence-corrected chi connectivity index (χ0v) is 27.1. The molecule has 12 heteroatoms. The SMILES string of the molecule is CCCCc1nc(N(C)C(=O)C=C(C)C)c(C(=O)OC2OC(=O)c3ccccc32)n1Cc1ccc(-c2ccccc2-c2nn[nH]n2)cc1.